The predicted octanol–water partition coefficient (Wildman–Crippen LogP) is -0.0828. The fourth-order valence-corrected chi connectivity index (χ4v) is 2.01. The molecule has 1 amide bonds. The maximum Gasteiger partial charge on any atom is 0.223 e. The fraction of sp³-hybridized carbons (Fsp3) is 0.727. The summed E-state index contributed by atoms with van der Waals surface area (Å²) in [5.41, 5.74) is 1.03. The Balaban J connectivity index is 1.63. The molecular formula is C11H19N5O. The minimum Gasteiger partial charge on any atom is -0.343 e. The molecule has 1 aromatic rings. The van der Waals surface area contributed by atoms with E-state index in [1.807, 2.05) is 11.9 Å². The minimum absolute atomic E-state index is 0.262. The summed E-state index contributed by atoms with van der Waals surface area (Å²) < 4.78 is 1.73. The molecule has 6 nitrogen and oxygen atoms in total. The highest BCUT2D eigenvalue weighted by atomic mass is 16.2. The maximum absolute atomic E-state index is 11.7. The van der Waals surface area contributed by atoms with Gasteiger partial charge in [0.15, 0.2) is 0 Å². The summed E-state index contributed by atoms with van der Waals surface area (Å²) in [6.45, 7) is 3.28. The lowest BCUT2D eigenvalue weighted by atomic mass is 10.3. The number of likely N-dealkylation sites (tertiary alicyclic amines) is 1. The monoisotopic (exact) mass is 237 g/mol. The Morgan fingerprint density at radius 3 is 2.88 bits per heavy atom. The summed E-state index contributed by atoms with van der Waals surface area (Å²) in [5, 5.41) is 10.9. The zero-order valence-corrected chi connectivity index (χ0v) is 10.2. The average Bonchev–Trinajstić information content (AvgIpc) is 2.96. The van der Waals surface area contributed by atoms with E-state index >= 15 is 0 Å². The number of carbonyl (C=O) groups is 1. The molecule has 17 heavy (non-hydrogen) atoms. The van der Waals surface area contributed by atoms with Gasteiger partial charge in [0.2, 0.25) is 5.91 Å². The summed E-state index contributed by atoms with van der Waals surface area (Å²) >= 11 is 0. The van der Waals surface area contributed by atoms with Crippen LogP contribution in [0.4, 0.5) is 0 Å². The summed E-state index contributed by atoms with van der Waals surface area (Å²) in [6.07, 6.45) is 4.61. The van der Waals surface area contributed by atoms with Gasteiger partial charge in [-0.1, -0.05) is 5.21 Å². The number of rotatable bonds is 5. The molecule has 1 saturated heterocycles. The van der Waals surface area contributed by atoms with Gasteiger partial charge in [-0.25, -0.2) is 0 Å². The van der Waals surface area contributed by atoms with E-state index in [1.54, 1.807) is 10.9 Å². The third-order valence-electron chi connectivity index (χ3n) is 3.09. The van der Waals surface area contributed by atoms with Crippen molar-refractivity contribution < 1.29 is 4.79 Å². The highest BCUT2D eigenvalue weighted by molar-refractivity contribution is 5.76. The van der Waals surface area contributed by atoms with Crippen molar-refractivity contribution in [3.63, 3.8) is 0 Å². The van der Waals surface area contributed by atoms with E-state index in [4.69, 9.17) is 0 Å². The van der Waals surface area contributed by atoms with E-state index in [-0.39, 0.29) is 5.91 Å². The second-order valence-corrected chi connectivity index (χ2v) is 4.36. The van der Waals surface area contributed by atoms with Crippen molar-refractivity contribution in [1.29, 1.82) is 0 Å². The lowest BCUT2D eigenvalue weighted by Gasteiger charge is -2.15. The molecule has 0 saturated carbocycles. The molecule has 2 heterocycles. The number of nitrogens with one attached hydrogen (secondary N) is 1. The van der Waals surface area contributed by atoms with Gasteiger partial charge < -0.3 is 10.2 Å². The summed E-state index contributed by atoms with van der Waals surface area (Å²) in [6, 6.07) is 0. The molecule has 1 aromatic heterocycles. The lowest BCUT2D eigenvalue weighted by Crippen LogP contribution is -2.30. The zero-order chi connectivity index (χ0) is 12.1. The molecular weight excluding hydrogens is 218 g/mol. The Labute approximate surface area is 101 Å². The number of aromatic nitrogens is 3. The quantitative estimate of drug-likeness (QED) is 0.727. The van der Waals surface area contributed by atoms with Gasteiger partial charge in [0.1, 0.15) is 0 Å². The average molecular weight is 237 g/mol. The molecule has 94 valence electrons. The third-order valence-corrected chi connectivity index (χ3v) is 3.09. The van der Waals surface area contributed by atoms with Crippen LogP contribution < -0.4 is 5.32 Å². The minimum atomic E-state index is 0.262. The van der Waals surface area contributed by atoms with E-state index in [0.717, 1.165) is 31.6 Å². The molecule has 0 atom stereocenters. The van der Waals surface area contributed by atoms with Gasteiger partial charge in [-0.15, -0.1) is 5.10 Å². The van der Waals surface area contributed by atoms with E-state index < -0.39 is 0 Å². The molecule has 6 heteroatoms. The Morgan fingerprint density at radius 1 is 1.47 bits per heavy atom. The van der Waals surface area contributed by atoms with Crippen molar-refractivity contribution in [2.24, 2.45) is 7.05 Å². The van der Waals surface area contributed by atoms with Crippen LogP contribution in [0, 0.1) is 0 Å². The molecule has 0 unspecified atom stereocenters. The first-order valence-corrected chi connectivity index (χ1v) is 6.09. The fourth-order valence-electron chi connectivity index (χ4n) is 2.01. The molecule has 0 spiro atoms. The van der Waals surface area contributed by atoms with E-state index in [0.29, 0.717) is 19.5 Å². The normalized spacial score (nSPS) is 15.5. The summed E-state index contributed by atoms with van der Waals surface area (Å²) in [5.74, 6) is 0.262. The molecule has 1 aliphatic heterocycles. The maximum atomic E-state index is 11.7. The van der Waals surface area contributed by atoms with Crippen molar-refractivity contribution in [1.82, 2.24) is 25.2 Å². The number of amides is 1. The smallest absolute Gasteiger partial charge is 0.223 e. The van der Waals surface area contributed by atoms with Crippen LogP contribution in [-0.4, -0.2) is 45.4 Å². The van der Waals surface area contributed by atoms with Crippen LogP contribution >= 0.6 is 0 Å². The summed E-state index contributed by atoms with van der Waals surface area (Å²) in [7, 11) is 1.86. The van der Waals surface area contributed by atoms with Gasteiger partial charge in [-0.2, -0.15) is 0 Å². The van der Waals surface area contributed by atoms with Crippen molar-refractivity contribution in [2.45, 2.75) is 25.8 Å². The topological polar surface area (TPSA) is 63.1 Å². The molecule has 0 aromatic carbocycles. The number of carbonyl (C=O) groups excluding carboxylic acids is 1. The lowest BCUT2D eigenvalue weighted by molar-refractivity contribution is -0.130. The van der Waals surface area contributed by atoms with Crippen molar-refractivity contribution in [2.75, 3.05) is 19.6 Å². The molecule has 0 bridgehead atoms. The van der Waals surface area contributed by atoms with Gasteiger partial charge in [0.25, 0.3) is 0 Å². The molecule has 2 rings (SSSR count). The number of hydrogen-bond acceptors (Lipinski definition) is 4. The van der Waals surface area contributed by atoms with E-state index in [2.05, 4.69) is 15.6 Å². The van der Waals surface area contributed by atoms with Crippen LogP contribution in [0.15, 0.2) is 6.20 Å². The van der Waals surface area contributed by atoms with Crippen LogP contribution in [0.2, 0.25) is 0 Å². The first-order valence-electron chi connectivity index (χ1n) is 6.09. The Kier molecular flexibility index (Phi) is 4.08. The van der Waals surface area contributed by atoms with Gasteiger partial charge in [-0.05, 0) is 12.8 Å². The molecule has 1 N–H and O–H groups in total. The van der Waals surface area contributed by atoms with Gasteiger partial charge in [-0.3, -0.25) is 9.48 Å². The van der Waals surface area contributed by atoms with Crippen LogP contribution in [0.5, 0.6) is 0 Å². The molecule has 0 radical (unpaired) electrons. The largest absolute Gasteiger partial charge is 0.343 e. The predicted molar refractivity (Wildman–Crippen MR) is 63.1 cm³/mol. The van der Waals surface area contributed by atoms with Gasteiger partial charge in [0, 0.05) is 39.6 Å². The number of nitrogens with zero attached hydrogens (tertiary/aromatic N) is 4. The molecule has 1 fully saturated rings. The Morgan fingerprint density at radius 2 is 2.24 bits per heavy atom. The number of hydrogen-bond donors (Lipinski definition) is 1. The van der Waals surface area contributed by atoms with Gasteiger partial charge >= 0.3 is 0 Å². The second kappa shape index (κ2) is 5.77. The van der Waals surface area contributed by atoms with Crippen molar-refractivity contribution >= 4 is 5.91 Å². The van der Waals surface area contributed by atoms with Crippen LogP contribution in [0.3, 0.4) is 0 Å². The molecule has 1 aliphatic rings. The third kappa shape index (κ3) is 3.26. The van der Waals surface area contributed by atoms with Crippen LogP contribution in [-0.2, 0) is 18.4 Å². The second-order valence-electron chi connectivity index (χ2n) is 4.36. The van der Waals surface area contributed by atoms with Crippen molar-refractivity contribution in [3.05, 3.63) is 11.9 Å². The number of aryl methyl sites for hydroxylation is 1. The summed E-state index contributed by atoms with van der Waals surface area (Å²) in [4.78, 5) is 13.7. The molecule has 0 aliphatic carbocycles. The SMILES string of the molecule is Cn1nncc1CNCCC(=O)N1CCCC1. The van der Waals surface area contributed by atoms with Crippen LogP contribution in [0.25, 0.3) is 0 Å². The van der Waals surface area contributed by atoms with Crippen molar-refractivity contribution in [3.8, 4) is 0 Å². The van der Waals surface area contributed by atoms with Crippen LogP contribution in [0.1, 0.15) is 25.0 Å². The first kappa shape index (κ1) is 12.0. The standard InChI is InChI=1S/C11H19N5O/c1-15-10(9-13-14-15)8-12-5-4-11(17)16-6-2-3-7-16/h9,12H,2-8H2,1H3. The van der Waals surface area contributed by atoms with Gasteiger partial charge in [0.05, 0.1) is 11.9 Å². The Bertz CT molecular complexity index is 370. The van der Waals surface area contributed by atoms with E-state index in [9.17, 15) is 4.79 Å². The highest BCUT2D eigenvalue weighted by Crippen LogP contribution is 2.08. The first-order chi connectivity index (χ1) is 8.27. The zero-order valence-electron chi connectivity index (χ0n) is 10.2. The van der Waals surface area contributed by atoms with E-state index in [1.165, 1.54) is 0 Å². The highest BCUT2D eigenvalue weighted by Gasteiger charge is 2.16. The Hall–Kier alpha value is -1.43.